The molecule has 0 aromatic heterocycles. The molecule has 1 saturated heterocycles. The third-order valence-corrected chi connectivity index (χ3v) is 5.20. The molecule has 2 bridgehead atoms. The van der Waals surface area contributed by atoms with E-state index in [-0.39, 0.29) is 34.8 Å². The largest absolute Gasteiger partial charge is 0.348 e. The highest BCUT2D eigenvalue weighted by atomic mass is 16.6. The van der Waals surface area contributed by atoms with Crippen LogP contribution < -0.4 is 4.90 Å². The summed E-state index contributed by atoms with van der Waals surface area (Å²) < 4.78 is 0. The second kappa shape index (κ2) is 6.31. The molecule has 136 valence electrons. The van der Waals surface area contributed by atoms with E-state index in [0.29, 0.717) is 6.42 Å². The zero-order chi connectivity index (χ0) is 19.1. The second-order valence-corrected chi connectivity index (χ2v) is 6.62. The molecule has 2 heterocycles. The number of rotatable bonds is 4. The van der Waals surface area contributed by atoms with Crippen LogP contribution in [0.5, 0.6) is 0 Å². The molecule has 8 nitrogen and oxygen atoms in total. The van der Waals surface area contributed by atoms with E-state index in [2.05, 4.69) is 0 Å². The Morgan fingerprint density at radius 1 is 1.00 bits per heavy atom. The number of nitro benzene ring substituents is 2. The predicted molar refractivity (Wildman–Crippen MR) is 97.8 cm³/mol. The molecule has 2 unspecified atom stereocenters. The van der Waals surface area contributed by atoms with Gasteiger partial charge in [0.1, 0.15) is 5.69 Å². The fraction of sp³-hybridized carbons (Fsp3) is 0.211. The summed E-state index contributed by atoms with van der Waals surface area (Å²) in [6, 6.07) is 12.5. The Morgan fingerprint density at radius 2 is 1.74 bits per heavy atom. The van der Waals surface area contributed by atoms with Gasteiger partial charge in [-0.2, -0.15) is 0 Å². The van der Waals surface area contributed by atoms with Gasteiger partial charge in [-0.15, -0.1) is 0 Å². The van der Waals surface area contributed by atoms with Gasteiger partial charge in [0.2, 0.25) is 0 Å². The smallest absolute Gasteiger partial charge is 0.299 e. The van der Waals surface area contributed by atoms with Gasteiger partial charge in [-0.1, -0.05) is 36.4 Å². The normalized spacial score (nSPS) is 23.5. The maximum atomic E-state index is 12.5. The zero-order valence-electron chi connectivity index (χ0n) is 14.1. The molecule has 0 amide bonds. The Kier molecular flexibility index (Phi) is 3.95. The first-order valence-corrected chi connectivity index (χ1v) is 8.45. The number of carbonyl (C=O) groups excluding carboxylic acids is 1. The Labute approximate surface area is 154 Å². The van der Waals surface area contributed by atoms with Crippen LogP contribution in [0.25, 0.3) is 0 Å². The summed E-state index contributed by atoms with van der Waals surface area (Å²) in [4.78, 5) is 35.5. The van der Waals surface area contributed by atoms with Crippen LogP contribution in [-0.2, 0) is 4.79 Å². The number of non-ortho nitro benzene ring substituents is 1. The zero-order valence-corrected chi connectivity index (χ0v) is 14.1. The molecule has 0 radical (unpaired) electrons. The molecule has 2 aromatic carbocycles. The van der Waals surface area contributed by atoms with Crippen LogP contribution >= 0.6 is 0 Å². The lowest BCUT2D eigenvalue weighted by atomic mass is 9.91. The van der Waals surface area contributed by atoms with Gasteiger partial charge in [-0.3, -0.25) is 25.0 Å². The lowest BCUT2D eigenvalue weighted by Gasteiger charge is -2.33. The highest BCUT2D eigenvalue weighted by Crippen LogP contribution is 2.46. The minimum absolute atomic E-state index is 0.00805. The van der Waals surface area contributed by atoms with Gasteiger partial charge in [0.15, 0.2) is 5.78 Å². The van der Waals surface area contributed by atoms with Crippen LogP contribution in [0, 0.1) is 20.2 Å². The minimum Gasteiger partial charge on any atom is -0.348 e. The van der Waals surface area contributed by atoms with Crippen LogP contribution in [0.15, 0.2) is 60.7 Å². The van der Waals surface area contributed by atoms with E-state index in [1.54, 1.807) is 11.0 Å². The van der Waals surface area contributed by atoms with Crippen molar-refractivity contribution < 1.29 is 14.6 Å². The van der Waals surface area contributed by atoms with Crippen molar-refractivity contribution in [1.82, 2.24) is 0 Å². The van der Waals surface area contributed by atoms with Crippen molar-refractivity contribution in [3.8, 4) is 0 Å². The monoisotopic (exact) mass is 365 g/mol. The van der Waals surface area contributed by atoms with Crippen LogP contribution in [0.1, 0.15) is 17.9 Å². The Balaban J connectivity index is 1.82. The van der Waals surface area contributed by atoms with E-state index < -0.39 is 15.9 Å². The molecule has 27 heavy (non-hydrogen) atoms. The van der Waals surface area contributed by atoms with E-state index in [1.165, 1.54) is 18.2 Å². The lowest BCUT2D eigenvalue weighted by molar-refractivity contribution is -0.393. The molecule has 3 atom stereocenters. The minimum atomic E-state index is -0.667. The van der Waals surface area contributed by atoms with Crippen molar-refractivity contribution in [3.63, 3.8) is 0 Å². The number of anilines is 1. The van der Waals surface area contributed by atoms with Gasteiger partial charge in [0.05, 0.1) is 28.0 Å². The van der Waals surface area contributed by atoms with Gasteiger partial charge in [-0.25, -0.2) is 0 Å². The van der Waals surface area contributed by atoms with Crippen molar-refractivity contribution in [3.05, 3.63) is 86.5 Å². The standard InChI is InChI=1S/C19H15N3O5/c23-19-9-8-15-14(12-4-2-1-3-5-12)11-18(19)20(15)16-7-6-13(21(24)25)10-17(16)22(26)27/h1-10,14-15,18H,11H2/t14-,15?,18?/m0/s1. The van der Waals surface area contributed by atoms with Crippen molar-refractivity contribution in [2.75, 3.05) is 4.90 Å². The number of carbonyl (C=O) groups is 1. The molecule has 2 aliphatic rings. The number of ketones is 1. The molecular formula is C19H15N3O5. The van der Waals surface area contributed by atoms with Crippen molar-refractivity contribution in [1.29, 1.82) is 0 Å². The third kappa shape index (κ3) is 2.75. The fourth-order valence-corrected chi connectivity index (χ4v) is 4.03. The van der Waals surface area contributed by atoms with E-state index in [1.807, 2.05) is 30.3 Å². The summed E-state index contributed by atoms with van der Waals surface area (Å²) in [5.41, 5.74) is 0.572. The van der Waals surface area contributed by atoms with Crippen LogP contribution in [-0.4, -0.2) is 27.7 Å². The topological polar surface area (TPSA) is 107 Å². The molecule has 2 aliphatic heterocycles. The van der Waals surface area contributed by atoms with Crippen molar-refractivity contribution in [2.24, 2.45) is 0 Å². The summed E-state index contributed by atoms with van der Waals surface area (Å²) in [7, 11) is 0. The number of fused-ring (bicyclic) bond motifs is 2. The Bertz CT molecular complexity index is 973. The third-order valence-electron chi connectivity index (χ3n) is 5.20. The van der Waals surface area contributed by atoms with Crippen LogP contribution in [0.2, 0.25) is 0 Å². The SMILES string of the molecule is O=C1C=CC2[C@H](c3ccccc3)CC1N2c1ccc([N+](=O)[O-])cc1[N+](=O)[O-]. The molecule has 4 rings (SSSR count). The molecule has 2 aromatic rings. The predicted octanol–water partition coefficient (Wildman–Crippen LogP) is 3.37. The number of hydrogen-bond donors (Lipinski definition) is 0. The number of hydrogen-bond acceptors (Lipinski definition) is 6. The molecule has 0 aliphatic carbocycles. The van der Waals surface area contributed by atoms with Gasteiger partial charge >= 0.3 is 0 Å². The van der Waals surface area contributed by atoms with Crippen LogP contribution in [0.4, 0.5) is 17.1 Å². The number of benzene rings is 2. The van der Waals surface area contributed by atoms with E-state index in [0.717, 1.165) is 11.6 Å². The second-order valence-electron chi connectivity index (χ2n) is 6.62. The molecule has 0 saturated carbocycles. The summed E-state index contributed by atoms with van der Waals surface area (Å²) in [5, 5.41) is 22.6. The average molecular weight is 365 g/mol. The van der Waals surface area contributed by atoms with Gasteiger partial charge < -0.3 is 4.90 Å². The van der Waals surface area contributed by atoms with E-state index in [4.69, 9.17) is 0 Å². The molecule has 0 spiro atoms. The number of nitro groups is 2. The summed E-state index contributed by atoms with van der Waals surface area (Å²) in [6.07, 6.45) is 3.84. The van der Waals surface area contributed by atoms with Crippen molar-refractivity contribution >= 4 is 22.8 Å². The molecular weight excluding hydrogens is 350 g/mol. The highest BCUT2D eigenvalue weighted by Gasteiger charge is 2.47. The summed E-state index contributed by atoms with van der Waals surface area (Å²) in [6.45, 7) is 0. The first-order valence-electron chi connectivity index (χ1n) is 8.45. The van der Waals surface area contributed by atoms with E-state index >= 15 is 0 Å². The first kappa shape index (κ1) is 16.9. The van der Waals surface area contributed by atoms with Gasteiger partial charge in [-0.05, 0) is 24.1 Å². The highest BCUT2D eigenvalue weighted by molar-refractivity contribution is 6.00. The molecule has 1 fully saturated rings. The van der Waals surface area contributed by atoms with Crippen molar-refractivity contribution in [2.45, 2.75) is 24.4 Å². The quantitative estimate of drug-likeness (QED) is 0.607. The summed E-state index contributed by atoms with van der Waals surface area (Å²) >= 11 is 0. The Hall–Kier alpha value is -3.55. The lowest BCUT2D eigenvalue weighted by Crippen LogP contribution is -2.43. The van der Waals surface area contributed by atoms with E-state index in [9.17, 15) is 25.0 Å². The number of nitrogens with zero attached hydrogens (tertiary/aromatic N) is 3. The molecule has 8 heteroatoms. The van der Waals surface area contributed by atoms with Gasteiger partial charge in [0.25, 0.3) is 11.4 Å². The first-order chi connectivity index (χ1) is 13.0. The fourth-order valence-electron chi connectivity index (χ4n) is 4.03. The average Bonchev–Trinajstić information content (AvgIpc) is 2.96. The molecule has 0 N–H and O–H groups in total. The summed E-state index contributed by atoms with van der Waals surface area (Å²) in [5.74, 6) is -0.106. The maximum Gasteiger partial charge on any atom is 0.299 e. The maximum absolute atomic E-state index is 12.5. The Morgan fingerprint density at radius 3 is 2.41 bits per heavy atom. The van der Waals surface area contributed by atoms with Crippen LogP contribution in [0.3, 0.4) is 0 Å². The van der Waals surface area contributed by atoms with Gasteiger partial charge in [0, 0.05) is 12.0 Å².